The van der Waals surface area contributed by atoms with Crippen molar-refractivity contribution in [3.8, 4) is 17.6 Å². The lowest BCUT2D eigenvalue weighted by molar-refractivity contribution is -0.386. The van der Waals surface area contributed by atoms with E-state index >= 15 is 0 Å². The minimum absolute atomic E-state index is 0.102. The molecule has 0 saturated heterocycles. The van der Waals surface area contributed by atoms with Gasteiger partial charge in [-0.25, -0.2) is 0 Å². The van der Waals surface area contributed by atoms with E-state index in [0.717, 1.165) is 0 Å². The van der Waals surface area contributed by atoms with E-state index in [9.17, 15) is 10.1 Å². The van der Waals surface area contributed by atoms with Crippen LogP contribution in [0.5, 0.6) is 11.5 Å². The average Bonchev–Trinajstić information content (AvgIpc) is 2.27. The number of rotatable bonds is 1. The first kappa shape index (κ1) is 9.27. The van der Waals surface area contributed by atoms with Gasteiger partial charge in [0, 0.05) is 12.1 Å². The summed E-state index contributed by atoms with van der Waals surface area (Å²) < 4.78 is 10.3. The molecule has 2 rings (SSSR count). The summed E-state index contributed by atoms with van der Waals surface area (Å²) in [5, 5.41) is 19.4. The third-order valence-electron chi connectivity index (χ3n) is 1.95. The highest BCUT2D eigenvalue weighted by atomic mass is 16.6. The van der Waals surface area contributed by atoms with E-state index < -0.39 is 4.92 Å². The van der Waals surface area contributed by atoms with Gasteiger partial charge in [0.1, 0.15) is 13.2 Å². The Balaban J connectivity index is 2.62. The van der Waals surface area contributed by atoms with E-state index in [-0.39, 0.29) is 29.4 Å². The van der Waals surface area contributed by atoms with Gasteiger partial charge in [0.2, 0.25) is 5.75 Å². The van der Waals surface area contributed by atoms with E-state index in [1.807, 2.05) is 6.07 Å². The molecule has 0 fully saturated rings. The van der Waals surface area contributed by atoms with Gasteiger partial charge in [0.05, 0.1) is 16.6 Å². The zero-order chi connectivity index (χ0) is 10.8. The molecule has 0 unspecified atom stereocenters. The molecule has 0 saturated carbocycles. The first-order chi connectivity index (χ1) is 7.22. The molecule has 1 aliphatic rings. The van der Waals surface area contributed by atoms with Gasteiger partial charge in [0.25, 0.3) is 0 Å². The second-order valence-corrected chi connectivity index (χ2v) is 2.89. The van der Waals surface area contributed by atoms with Gasteiger partial charge in [-0.15, -0.1) is 0 Å². The molecule has 1 aromatic carbocycles. The predicted molar refractivity (Wildman–Crippen MR) is 48.8 cm³/mol. The molecule has 15 heavy (non-hydrogen) atoms. The second kappa shape index (κ2) is 3.46. The fourth-order valence-electron chi connectivity index (χ4n) is 1.34. The van der Waals surface area contributed by atoms with Crippen LogP contribution in [0.1, 0.15) is 5.56 Å². The molecule has 1 aliphatic heterocycles. The SMILES string of the molecule is N#Cc1cc2c(c([N+](=O)[O-])c1)OCCO2. The number of fused-ring (bicyclic) bond motifs is 1. The Morgan fingerprint density at radius 1 is 1.40 bits per heavy atom. The number of hydrogen-bond acceptors (Lipinski definition) is 5. The molecular formula is C9H6N2O4. The minimum atomic E-state index is -0.589. The molecule has 0 spiro atoms. The fraction of sp³-hybridized carbons (Fsp3) is 0.222. The normalized spacial score (nSPS) is 13.0. The first-order valence-corrected chi connectivity index (χ1v) is 4.20. The molecular weight excluding hydrogens is 200 g/mol. The van der Waals surface area contributed by atoms with E-state index in [4.69, 9.17) is 14.7 Å². The fourth-order valence-corrected chi connectivity index (χ4v) is 1.34. The topological polar surface area (TPSA) is 85.4 Å². The van der Waals surface area contributed by atoms with Crippen LogP contribution in [0.25, 0.3) is 0 Å². The lowest BCUT2D eigenvalue weighted by Gasteiger charge is -2.17. The van der Waals surface area contributed by atoms with Crippen LogP contribution in [0.15, 0.2) is 12.1 Å². The van der Waals surface area contributed by atoms with E-state index in [0.29, 0.717) is 6.61 Å². The quantitative estimate of drug-likeness (QED) is 0.509. The molecule has 0 bridgehead atoms. The van der Waals surface area contributed by atoms with Crippen LogP contribution in [-0.4, -0.2) is 18.1 Å². The van der Waals surface area contributed by atoms with Crippen molar-refractivity contribution in [2.24, 2.45) is 0 Å². The summed E-state index contributed by atoms with van der Waals surface area (Å²) in [6.07, 6.45) is 0. The smallest absolute Gasteiger partial charge is 0.316 e. The Kier molecular flexibility index (Phi) is 2.14. The van der Waals surface area contributed by atoms with Crippen LogP contribution in [0.4, 0.5) is 5.69 Å². The Hall–Kier alpha value is -2.29. The van der Waals surface area contributed by atoms with Gasteiger partial charge < -0.3 is 9.47 Å². The van der Waals surface area contributed by atoms with Crippen LogP contribution < -0.4 is 9.47 Å². The van der Waals surface area contributed by atoms with E-state index in [1.54, 1.807) is 0 Å². The van der Waals surface area contributed by atoms with Gasteiger partial charge in [-0.3, -0.25) is 10.1 Å². The Morgan fingerprint density at radius 3 is 2.80 bits per heavy atom. The largest absolute Gasteiger partial charge is 0.486 e. The van der Waals surface area contributed by atoms with Crippen molar-refractivity contribution in [3.05, 3.63) is 27.8 Å². The van der Waals surface area contributed by atoms with Crippen molar-refractivity contribution in [1.82, 2.24) is 0 Å². The molecule has 0 aromatic heterocycles. The molecule has 0 aliphatic carbocycles. The molecule has 0 amide bonds. The highest BCUT2D eigenvalue weighted by Gasteiger charge is 2.25. The van der Waals surface area contributed by atoms with Gasteiger partial charge in [0.15, 0.2) is 5.75 Å². The van der Waals surface area contributed by atoms with Crippen LogP contribution >= 0.6 is 0 Å². The Bertz CT molecular complexity index is 464. The number of nitro benzene ring substituents is 1. The monoisotopic (exact) mass is 206 g/mol. The lowest BCUT2D eigenvalue weighted by Crippen LogP contribution is -2.16. The van der Waals surface area contributed by atoms with Gasteiger partial charge in [-0.05, 0) is 0 Å². The first-order valence-electron chi connectivity index (χ1n) is 4.20. The Labute approximate surface area is 84.8 Å². The number of nitriles is 1. The zero-order valence-electron chi connectivity index (χ0n) is 7.60. The van der Waals surface area contributed by atoms with Crippen LogP contribution in [0, 0.1) is 21.4 Å². The standard InChI is InChI=1S/C9H6N2O4/c10-5-6-3-7(11(12)13)9-8(4-6)14-1-2-15-9/h3-4H,1-2H2. The molecule has 1 heterocycles. The molecule has 1 aromatic rings. The maximum Gasteiger partial charge on any atom is 0.316 e. The summed E-state index contributed by atoms with van der Waals surface area (Å²) in [4.78, 5) is 10.1. The van der Waals surface area contributed by atoms with Crippen LogP contribution in [0.2, 0.25) is 0 Å². The molecule has 0 radical (unpaired) electrons. The lowest BCUT2D eigenvalue weighted by atomic mass is 10.2. The van der Waals surface area contributed by atoms with Gasteiger partial charge in [-0.2, -0.15) is 5.26 Å². The number of ether oxygens (including phenoxy) is 2. The van der Waals surface area contributed by atoms with Gasteiger partial charge >= 0.3 is 5.69 Å². The summed E-state index contributed by atoms with van der Waals surface area (Å²) in [5.74, 6) is 0.359. The summed E-state index contributed by atoms with van der Waals surface area (Å²) in [5.41, 5.74) is -0.0466. The molecule has 0 atom stereocenters. The van der Waals surface area contributed by atoms with Gasteiger partial charge in [-0.1, -0.05) is 0 Å². The van der Waals surface area contributed by atoms with Crippen molar-refractivity contribution in [1.29, 1.82) is 5.26 Å². The highest BCUT2D eigenvalue weighted by Crippen LogP contribution is 2.39. The summed E-state index contributed by atoms with van der Waals surface area (Å²) in [6.45, 7) is 0.610. The highest BCUT2D eigenvalue weighted by molar-refractivity contribution is 5.60. The number of nitrogens with zero attached hydrogens (tertiary/aromatic N) is 2. The molecule has 0 N–H and O–H groups in total. The van der Waals surface area contributed by atoms with Crippen molar-refractivity contribution < 1.29 is 14.4 Å². The second-order valence-electron chi connectivity index (χ2n) is 2.89. The minimum Gasteiger partial charge on any atom is -0.486 e. The Morgan fingerprint density at radius 2 is 2.13 bits per heavy atom. The number of benzene rings is 1. The number of nitro groups is 1. The van der Waals surface area contributed by atoms with Crippen molar-refractivity contribution in [2.75, 3.05) is 13.2 Å². The number of hydrogen-bond donors (Lipinski definition) is 0. The summed E-state index contributed by atoms with van der Waals surface area (Å²) in [6, 6.07) is 4.44. The van der Waals surface area contributed by atoms with Crippen molar-refractivity contribution in [3.63, 3.8) is 0 Å². The van der Waals surface area contributed by atoms with E-state index in [1.165, 1.54) is 12.1 Å². The van der Waals surface area contributed by atoms with Crippen molar-refractivity contribution >= 4 is 5.69 Å². The summed E-state index contributed by atoms with van der Waals surface area (Å²) in [7, 11) is 0. The molecule has 6 heteroatoms. The molecule has 76 valence electrons. The maximum atomic E-state index is 10.7. The molecule has 6 nitrogen and oxygen atoms in total. The van der Waals surface area contributed by atoms with Crippen LogP contribution in [-0.2, 0) is 0 Å². The zero-order valence-corrected chi connectivity index (χ0v) is 7.60. The van der Waals surface area contributed by atoms with E-state index in [2.05, 4.69) is 0 Å². The average molecular weight is 206 g/mol. The third-order valence-corrected chi connectivity index (χ3v) is 1.95. The summed E-state index contributed by atoms with van der Waals surface area (Å²) >= 11 is 0. The predicted octanol–water partition coefficient (Wildman–Crippen LogP) is 1.24. The maximum absolute atomic E-state index is 10.7. The van der Waals surface area contributed by atoms with Crippen LogP contribution in [0.3, 0.4) is 0 Å². The third kappa shape index (κ3) is 1.55. The van der Waals surface area contributed by atoms with Crippen molar-refractivity contribution in [2.45, 2.75) is 0 Å².